The average molecular weight is 560 g/mol. The van der Waals surface area contributed by atoms with Gasteiger partial charge < -0.3 is 14.9 Å². The van der Waals surface area contributed by atoms with Crippen LogP contribution in [-0.4, -0.2) is 30.3 Å². The molecule has 6 rings (SSSR count). The normalized spacial score (nSPS) is 11.8. The fourth-order valence-corrected chi connectivity index (χ4v) is 4.77. The number of rotatable bonds is 1. The number of carbonyl (C=O) groups excluding carboxylic acids is 1. The smallest absolute Gasteiger partial charge is 0.260 e. The molecule has 0 unspecified atom stereocenters. The molecule has 0 aromatic heterocycles. The van der Waals surface area contributed by atoms with Crippen LogP contribution in [0.2, 0.25) is 0 Å². The molecule has 0 radical (unpaired) electrons. The van der Waals surface area contributed by atoms with Crippen molar-refractivity contribution in [2.45, 2.75) is 60.9 Å². The minimum absolute atomic E-state index is 0.00157. The van der Waals surface area contributed by atoms with Crippen LogP contribution in [-0.2, 0) is 5.54 Å². The molecule has 0 fully saturated rings. The molecule has 0 atom stereocenters. The molecule has 41 heavy (non-hydrogen) atoms. The second kappa shape index (κ2) is 20.0. The van der Waals surface area contributed by atoms with E-state index in [9.17, 15) is 4.79 Å². The van der Waals surface area contributed by atoms with E-state index in [0.717, 1.165) is 53.7 Å². The van der Waals surface area contributed by atoms with E-state index >= 15 is 0 Å². The lowest BCUT2D eigenvalue weighted by molar-refractivity contribution is 0.0985. The lowest BCUT2D eigenvalue weighted by atomic mass is 9.74. The van der Waals surface area contributed by atoms with E-state index in [1.54, 1.807) is 0 Å². The van der Waals surface area contributed by atoms with Crippen LogP contribution in [0.15, 0.2) is 103 Å². The van der Waals surface area contributed by atoms with Crippen LogP contribution in [0.5, 0.6) is 11.5 Å². The summed E-state index contributed by atoms with van der Waals surface area (Å²) in [7, 11) is 2.00. The molecule has 4 aromatic rings. The standard InChI is InChI=1S/C26H17NO2.4C2H6.2CH4O/c28-25-19-12-4-5-13-20(19)26(27(25)18-10-2-1-3-11-18)21-14-6-8-16-23(21)29-24-17-9-7-15-22(24)26;6*1-2/h1-17H;4*1-2H3;2*2H,1H3. The predicted octanol–water partition coefficient (Wildman–Crippen LogP) is 9.07. The molecule has 2 aliphatic rings. The Labute approximate surface area is 248 Å². The van der Waals surface area contributed by atoms with Crippen LogP contribution < -0.4 is 9.64 Å². The van der Waals surface area contributed by atoms with Crippen molar-refractivity contribution in [1.29, 1.82) is 0 Å². The third-order valence-electron chi connectivity index (χ3n) is 5.87. The Hall–Kier alpha value is -3.93. The van der Waals surface area contributed by atoms with Crippen molar-refractivity contribution in [3.05, 3.63) is 125 Å². The maximum Gasteiger partial charge on any atom is 0.260 e. The van der Waals surface area contributed by atoms with Crippen LogP contribution >= 0.6 is 0 Å². The Kier molecular flexibility index (Phi) is 18.1. The molecule has 0 aliphatic carbocycles. The van der Waals surface area contributed by atoms with Crippen LogP contribution in [0, 0.1) is 0 Å². The Morgan fingerprint density at radius 2 is 0.878 bits per heavy atom. The summed E-state index contributed by atoms with van der Waals surface area (Å²) in [5, 5.41) is 14.0. The lowest BCUT2D eigenvalue weighted by Gasteiger charge is -2.44. The summed E-state index contributed by atoms with van der Waals surface area (Å²) in [4.78, 5) is 15.7. The Balaban J connectivity index is 0.00000119. The van der Waals surface area contributed by atoms with Gasteiger partial charge in [-0.2, -0.15) is 0 Å². The van der Waals surface area contributed by atoms with Gasteiger partial charge in [0.15, 0.2) is 0 Å². The molecule has 2 N–H and O–H groups in total. The van der Waals surface area contributed by atoms with E-state index in [1.165, 1.54) is 0 Å². The average Bonchev–Trinajstić information content (AvgIpc) is 3.36. The van der Waals surface area contributed by atoms with Crippen molar-refractivity contribution < 1.29 is 19.7 Å². The number of amides is 1. The number of benzene rings is 4. The van der Waals surface area contributed by atoms with Crippen molar-refractivity contribution >= 4 is 11.6 Å². The number of para-hydroxylation sites is 3. The van der Waals surface area contributed by atoms with E-state index in [0.29, 0.717) is 0 Å². The Morgan fingerprint density at radius 1 is 0.512 bits per heavy atom. The molecule has 0 bridgehead atoms. The second-order valence-electron chi connectivity index (χ2n) is 7.33. The maximum absolute atomic E-state index is 13.8. The molecular weight excluding hydrogens is 510 g/mol. The van der Waals surface area contributed by atoms with E-state index in [2.05, 4.69) is 18.2 Å². The van der Waals surface area contributed by atoms with Gasteiger partial charge in [-0.3, -0.25) is 9.69 Å². The summed E-state index contributed by atoms with van der Waals surface area (Å²) in [6.45, 7) is 16.0. The van der Waals surface area contributed by atoms with Crippen LogP contribution in [0.1, 0.15) is 82.4 Å². The molecule has 1 spiro atoms. The zero-order chi connectivity index (χ0) is 31.4. The number of fused-ring (bicyclic) bond motifs is 6. The first-order valence-electron chi connectivity index (χ1n) is 14.6. The van der Waals surface area contributed by atoms with Gasteiger partial charge in [-0.15, -0.1) is 0 Å². The molecule has 2 heterocycles. The van der Waals surface area contributed by atoms with Gasteiger partial charge >= 0.3 is 0 Å². The molecular formula is C36H49NO4. The van der Waals surface area contributed by atoms with Gasteiger partial charge in [0.1, 0.15) is 17.0 Å². The van der Waals surface area contributed by atoms with Gasteiger partial charge in [0.25, 0.3) is 5.91 Å². The largest absolute Gasteiger partial charge is 0.457 e. The summed E-state index contributed by atoms with van der Waals surface area (Å²) in [6.07, 6.45) is 0. The zero-order valence-corrected chi connectivity index (χ0v) is 26.5. The first-order valence-corrected chi connectivity index (χ1v) is 14.6. The third kappa shape index (κ3) is 7.05. The molecule has 4 aromatic carbocycles. The molecule has 0 saturated heterocycles. The highest BCUT2D eigenvalue weighted by molar-refractivity contribution is 6.14. The highest BCUT2D eigenvalue weighted by atomic mass is 16.5. The first kappa shape index (κ1) is 37.1. The van der Waals surface area contributed by atoms with Gasteiger partial charge in [0.05, 0.1) is 0 Å². The monoisotopic (exact) mass is 559 g/mol. The number of ether oxygens (including phenoxy) is 1. The number of hydrogen-bond acceptors (Lipinski definition) is 4. The third-order valence-corrected chi connectivity index (χ3v) is 5.87. The van der Waals surface area contributed by atoms with Gasteiger partial charge in [-0.1, -0.05) is 128 Å². The first-order chi connectivity index (χ1) is 20.3. The summed E-state index contributed by atoms with van der Waals surface area (Å²) in [6, 6.07) is 33.8. The minimum Gasteiger partial charge on any atom is -0.457 e. The lowest BCUT2D eigenvalue weighted by Crippen LogP contribution is -2.47. The molecule has 5 nitrogen and oxygen atoms in total. The molecule has 0 saturated carbocycles. The van der Waals surface area contributed by atoms with Crippen molar-refractivity contribution in [1.82, 2.24) is 0 Å². The number of carbonyl (C=O) groups is 1. The molecule has 1 amide bonds. The molecule has 222 valence electrons. The SMILES string of the molecule is CC.CC.CC.CC.CO.CO.O=C1c2ccccc2C2(c3ccccc3Oc3ccccc32)N1c1ccccc1. The minimum atomic E-state index is -0.777. The van der Waals surface area contributed by atoms with E-state index in [4.69, 9.17) is 14.9 Å². The number of aliphatic hydroxyl groups excluding tert-OH is 2. The van der Waals surface area contributed by atoms with Crippen LogP contribution in [0.3, 0.4) is 0 Å². The molecule has 5 heteroatoms. The van der Waals surface area contributed by atoms with Gasteiger partial charge in [-0.05, 0) is 30.3 Å². The summed E-state index contributed by atoms with van der Waals surface area (Å²) in [5.41, 5.74) is 3.74. The summed E-state index contributed by atoms with van der Waals surface area (Å²) < 4.78 is 6.26. The fourth-order valence-electron chi connectivity index (χ4n) is 4.77. The number of nitrogens with zero attached hydrogens (tertiary/aromatic N) is 1. The van der Waals surface area contributed by atoms with Crippen LogP contribution in [0.25, 0.3) is 0 Å². The fraction of sp³-hybridized carbons (Fsp3) is 0.306. The highest BCUT2D eigenvalue weighted by Gasteiger charge is 2.56. The van der Waals surface area contributed by atoms with E-state index in [1.807, 2.05) is 145 Å². The summed E-state index contributed by atoms with van der Waals surface area (Å²) in [5.74, 6) is 1.55. The number of hydrogen-bond donors (Lipinski definition) is 2. The summed E-state index contributed by atoms with van der Waals surface area (Å²) >= 11 is 0. The van der Waals surface area contributed by atoms with Gasteiger partial charge in [-0.25, -0.2) is 0 Å². The Morgan fingerprint density at radius 3 is 1.34 bits per heavy atom. The van der Waals surface area contributed by atoms with E-state index in [-0.39, 0.29) is 5.91 Å². The molecule has 2 aliphatic heterocycles. The van der Waals surface area contributed by atoms with Crippen molar-refractivity contribution in [2.24, 2.45) is 0 Å². The van der Waals surface area contributed by atoms with E-state index < -0.39 is 5.54 Å². The number of anilines is 1. The van der Waals surface area contributed by atoms with Gasteiger partial charge in [0.2, 0.25) is 0 Å². The second-order valence-corrected chi connectivity index (χ2v) is 7.33. The van der Waals surface area contributed by atoms with Crippen molar-refractivity contribution in [2.75, 3.05) is 19.1 Å². The topological polar surface area (TPSA) is 70.0 Å². The zero-order valence-electron chi connectivity index (χ0n) is 26.5. The Bertz CT molecular complexity index is 1230. The highest BCUT2D eigenvalue weighted by Crippen LogP contribution is 2.58. The van der Waals surface area contributed by atoms with Gasteiger partial charge in [0, 0.05) is 42.2 Å². The number of aliphatic hydroxyl groups is 2. The quantitative estimate of drug-likeness (QED) is 0.244. The van der Waals surface area contributed by atoms with Crippen LogP contribution in [0.4, 0.5) is 5.69 Å². The predicted molar refractivity (Wildman–Crippen MR) is 174 cm³/mol. The van der Waals surface area contributed by atoms with Crippen molar-refractivity contribution in [3.63, 3.8) is 0 Å². The maximum atomic E-state index is 13.8. The van der Waals surface area contributed by atoms with Crippen molar-refractivity contribution in [3.8, 4) is 11.5 Å².